The number of pyridine rings is 1. The molecule has 0 aliphatic carbocycles. The van der Waals surface area contributed by atoms with E-state index in [-0.39, 0.29) is 0 Å². The van der Waals surface area contributed by atoms with E-state index >= 15 is 0 Å². The van der Waals surface area contributed by atoms with Crippen molar-refractivity contribution >= 4 is 11.8 Å². The lowest BCUT2D eigenvalue weighted by Gasteiger charge is -1.95. The molecule has 0 aromatic carbocycles. The minimum absolute atomic E-state index is 0.394. The summed E-state index contributed by atoms with van der Waals surface area (Å²) in [5, 5.41) is 9.30. The summed E-state index contributed by atoms with van der Waals surface area (Å²) in [5.74, 6) is 0.817. The third-order valence-corrected chi connectivity index (χ3v) is 2.90. The quantitative estimate of drug-likeness (QED) is 0.795. The Morgan fingerprint density at radius 1 is 1.44 bits per heavy atom. The summed E-state index contributed by atoms with van der Waals surface area (Å²) in [6, 6.07) is 5.52. The van der Waals surface area contributed by atoms with Crippen molar-refractivity contribution in [3.8, 4) is 6.07 Å². The van der Waals surface area contributed by atoms with Crippen molar-refractivity contribution in [2.45, 2.75) is 24.0 Å². The van der Waals surface area contributed by atoms with Crippen LogP contribution < -0.4 is 0 Å². The van der Waals surface area contributed by atoms with Gasteiger partial charge >= 0.3 is 0 Å². The van der Waals surface area contributed by atoms with Gasteiger partial charge in [0.25, 0.3) is 5.22 Å². The van der Waals surface area contributed by atoms with Crippen LogP contribution in [0.3, 0.4) is 0 Å². The minimum atomic E-state index is 0.394. The van der Waals surface area contributed by atoms with Crippen LogP contribution in [0.25, 0.3) is 0 Å². The summed E-state index contributed by atoms with van der Waals surface area (Å²) >= 11 is 1.38. The van der Waals surface area contributed by atoms with E-state index in [4.69, 9.17) is 9.68 Å². The molecule has 0 unspecified atom stereocenters. The molecule has 0 bridgehead atoms. The van der Waals surface area contributed by atoms with Crippen LogP contribution in [0, 0.1) is 25.2 Å². The number of nitrogens with zero attached hydrogens (tertiary/aromatic N) is 3. The van der Waals surface area contributed by atoms with Gasteiger partial charge in [-0.3, -0.25) is 0 Å². The zero-order valence-electron chi connectivity index (χ0n) is 8.89. The maximum absolute atomic E-state index is 8.72. The van der Waals surface area contributed by atoms with Gasteiger partial charge in [-0.15, -0.1) is 0 Å². The van der Waals surface area contributed by atoms with Crippen molar-refractivity contribution in [1.29, 1.82) is 5.26 Å². The van der Waals surface area contributed by atoms with Crippen LogP contribution in [0.4, 0.5) is 0 Å². The molecular weight excluding hydrogens is 222 g/mol. The molecule has 5 heteroatoms. The average Bonchev–Trinajstić information content (AvgIpc) is 2.58. The number of oxazole rings is 1. The van der Waals surface area contributed by atoms with E-state index in [0.717, 1.165) is 16.3 Å². The van der Waals surface area contributed by atoms with Crippen molar-refractivity contribution in [1.82, 2.24) is 9.97 Å². The van der Waals surface area contributed by atoms with Gasteiger partial charge in [0, 0.05) is 11.1 Å². The highest BCUT2D eigenvalue weighted by Crippen LogP contribution is 2.28. The van der Waals surface area contributed by atoms with Crippen LogP contribution in [-0.4, -0.2) is 9.97 Å². The van der Waals surface area contributed by atoms with Crippen molar-refractivity contribution in [3.05, 3.63) is 35.5 Å². The molecule has 2 aromatic rings. The Morgan fingerprint density at radius 2 is 2.25 bits per heavy atom. The highest BCUT2D eigenvalue weighted by molar-refractivity contribution is 7.99. The molecule has 0 atom stereocenters. The monoisotopic (exact) mass is 231 g/mol. The van der Waals surface area contributed by atoms with Gasteiger partial charge < -0.3 is 4.42 Å². The summed E-state index contributed by atoms with van der Waals surface area (Å²) in [7, 11) is 0. The largest absolute Gasteiger partial charge is 0.436 e. The lowest BCUT2D eigenvalue weighted by atomic mass is 10.4. The summed E-state index contributed by atoms with van der Waals surface area (Å²) in [4.78, 5) is 9.05. The number of nitriles is 1. The maximum Gasteiger partial charge on any atom is 0.260 e. The van der Waals surface area contributed by atoms with Gasteiger partial charge in [-0.2, -0.15) is 5.26 Å². The zero-order chi connectivity index (χ0) is 11.5. The first-order valence-corrected chi connectivity index (χ1v) is 5.48. The van der Waals surface area contributed by atoms with Gasteiger partial charge in [0.05, 0.1) is 5.69 Å². The molecule has 0 spiro atoms. The fraction of sp³-hybridized carbons (Fsp3) is 0.182. The Hall–Kier alpha value is -1.80. The molecule has 16 heavy (non-hydrogen) atoms. The van der Waals surface area contributed by atoms with Gasteiger partial charge in [-0.1, -0.05) is 0 Å². The van der Waals surface area contributed by atoms with Crippen LogP contribution in [0.5, 0.6) is 0 Å². The Labute approximate surface area is 97.3 Å². The molecule has 0 aliphatic heterocycles. The van der Waals surface area contributed by atoms with Crippen LogP contribution in [-0.2, 0) is 0 Å². The molecular formula is C11H9N3OS. The first kappa shape index (κ1) is 10.7. The topological polar surface area (TPSA) is 62.7 Å². The molecule has 0 radical (unpaired) electrons. The molecule has 0 saturated heterocycles. The summed E-state index contributed by atoms with van der Waals surface area (Å²) in [5.41, 5.74) is 1.28. The molecule has 2 aromatic heterocycles. The predicted molar refractivity (Wildman–Crippen MR) is 59.1 cm³/mol. The number of aromatic nitrogens is 2. The Kier molecular flexibility index (Phi) is 2.93. The van der Waals surface area contributed by atoms with Crippen molar-refractivity contribution in [3.63, 3.8) is 0 Å². The summed E-state index contributed by atoms with van der Waals surface area (Å²) < 4.78 is 5.44. The van der Waals surface area contributed by atoms with E-state index in [1.165, 1.54) is 11.8 Å². The lowest BCUT2D eigenvalue weighted by Crippen LogP contribution is -1.81. The SMILES string of the molecule is Cc1nc(Sc2ccnc(C#N)c2)oc1C. The second kappa shape index (κ2) is 4.37. The maximum atomic E-state index is 8.72. The highest BCUT2D eigenvalue weighted by Gasteiger charge is 2.07. The van der Waals surface area contributed by atoms with E-state index in [1.807, 2.05) is 26.0 Å². The van der Waals surface area contributed by atoms with Crippen molar-refractivity contribution < 1.29 is 4.42 Å². The molecule has 0 saturated carbocycles. The smallest absolute Gasteiger partial charge is 0.260 e. The van der Waals surface area contributed by atoms with Gasteiger partial charge in [0.2, 0.25) is 0 Å². The van der Waals surface area contributed by atoms with Crippen molar-refractivity contribution in [2.24, 2.45) is 0 Å². The molecule has 2 heterocycles. The highest BCUT2D eigenvalue weighted by atomic mass is 32.2. The van der Waals surface area contributed by atoms with Gasteiger partial charge in [0.15, 0.2) is 0 Å². The molecule has 0 amide bonds. The van der Waals surface area contributed by atoms with Crippen LogP contribution in [0.15, 0.2) is 32.9 Å². The third kappa shape index (κ3) is 2.23. The molecule has 80 valence electrons. The standard InChI is InChI=1S/C11H9N3OS/c1-7-8(2)15-11(14-7)16-10-3-4-13-9(5-10)6-12/h3-5H,1-2H3. The number of aryl methyl sites for hydroxylation is 2. The normalized spacial score (nSPS) is 10.1. The first-order valence-electron chi connectivity index (χ1n) is 4.67. The van der Waals surface area contributed by atoms with Crippen LogP contribution in [0.2, 0.25) is 0 Å². The van der Waals surface area contributed by atoms with Crippen LogP contribution in [0.1, 0.15) is 17.1 Å². The molecule has 4 nitrogen and oxygen atoms in total. The van der Waals surface area contributed by atoms with Gasteiger partial charge in [0.1, 0.15) is 17.5 Å². The first-order chi connectivity index (χ1) is 7.69. The fourth-order valence-electron chi connectivity index (χ4n) is 1.12. The van der Waals surface area contributed by atoms with E-state index in [1.54, 1.807) is 12.3 Å². The van der Waals surface area contributed by atoms with E-state index in [2.05, 4.69) is 9.97 Å². The van der Waals surface area contributed by atoms with E-state index in [9.17, 15) is 0 Å². The Morgan fingerprint density at radius 3 is 2.88 bits per heavy atom. The predicted octanol–water partition coefficient (Wildman–Crippen LogP) is 2.71. The molecule has 0 fully saturated rings. The van der Waals surface area contributed by atoms with E-state index < -0.39 is 0 Å². The second-order valence-corrected chi connectivity index (χ2v) is 4.24. The summed E-state index contributed by atoms with van der Waals surface area (Å²) in [6.07, 6.45) is 1.60. The number of hydrogen-bond donors (Lipinski definition) is 0. The summed E-state index contributed by atoms with van der Waals surface area (Å²) in [6.45, 7) is 3.77. The van der Waals surface area contributed by atoms with E-state index in [0.29, 0.717) is 10.9 Å². The number of hydrogen-bond acceptors (Lipinski definition) is 5. The third-order valence-electron chi connectivity index (χ3n) is 2.06. The van der Waals surface area contributed by atoms with Crippen LogP contribution >= 0.6 is 11.8 Å². The van der Waals surface area contributed by atoms with Gasteiger partial charge in [-0.05, 0) is 37.7 Å². The Bertz CT molecular complexity index is 537. The lowest BCUT2D eigenvalue weighted by molar-refractivity contribution is 0.431. The molecule has 0 N–H and O–H groups in total. The van der Waals surface area contributed by atoms with Crippen molar-refractivity contribution in [2.75, 3.05) is 0 Å². The Balaban J connectivity index is 2.24. The number of rotatable bonds is 2. The average molecular weight is 231 g/mol. The molecule has 0 aliphatic rings. The fourth-order valence-corrected chi connectivity index (χ4v) is 1.97. The second-order valence-electron chi connectivity index (χ2n) is 3.21. The molecule has 2 rings (SSSR count). The minimum Gasteiger partial charge on any atom is -0.436 e. The van der Waals surface area contributed by atoms with Gasteiger partial charge in [-0.25, -0.2) is 9.97 Å². The zero-order valence-corrected chi connectivity index (χ0v) is 9.71.